The van der Waals surface area contributed by atoms with Crippen LogP contribution in [0.2, 0.25) is 0 Å². The van der Waals surface area contributed by atoms with E-state index in [1.165, 1.54) is 32.3 Å². The van der Waals surface area contributed by atoms with Crippen molar-refractivity contribution in [3.05, 3.63) is 229 Å². The van der Waals surface area contributed by atoms with E-state index in [-0.39, 0.29) is 5.92 Å². The Bertz CT molecular complexity index is 4440. The second kappa shape index (κ2) is 16.4. The van der Waals surface area contributed by atoms with E-state index in [4.69, 9.17) is 24.1 Å². The molecule has 13 aromatic rings. The van der Waals surface area contributed by atoms with Gasteiger partial charge in [-0.05, 0) is 107 Å². The summed E-state index contributed by atoms with van der Waals surface area (Å²) in [6, 6.07) is 66.9. The Morgan fingerprint density at radius 2 is 1.14 bits per heavy atom. The number of rotatable bonds is 5. The Morgan fingerprint density at radius 3 is 1.89 bits per heavy atom. The summed E-state index contributed by atoms with van der Waals surface area (Å²) in [6.45, 7) is 2.52. The number of para-hydroxylation sites is 3. The Balaban J connectivity index is 1.03. The van der Waals surface area contributed by atoms with Gasteiger partial charge in [0.2, 0.25) is 0 Å². The number of fused-ring (bicyclic) bond motifs is 12. The second-order valence-corrected chi connectivity index (χ2v) is 19.5. The highest BCUT2D eigenvalue weighted by molar-refractivity contribution is 6.18. The predicted octanol–water partition coefficient (Wildman–Crippen LogP) is 16.5. The summed E-state index contributed by atoms with van der Waals surface area (Å²) in [4.78, 5) is 16.7. The summed E-state index contributed by atoms with van der Waals surface area (Å²) in [5.74, 6) is 3.82. The average molecular weight is 940 g/mol. The highest BCUT2D eigenvalue weighted by Gasteiger charge is 2.27. The number of nitrogens with zero attached hydrogens (tertiary/aromatic N) is 5. The largest absolute Gasteiger partial charge is 0.487 e. The number of benzene rings is 9. The van der Waals surface area contributed by atoms with Gasteiger partial charge in [-0.3, -0.25) is 0 Å². The van der Waals surface area contributed by atoms with E-state index in [9.17, 15) is 0 Å². The maximum Gasteiger partial charge on any atom is 0.164 e. The molecule has 1 aliphatic heterocycles. The van der Waals surface area contributed by atoms with E-state index < -0.39 is 0 Å². The first kappa shape index (κ1) is 41.5. The van der Waals surface area contributed by atoms with Crippen molar-refractivity contribution in [2.45, 2.75) is 25.7 Å². The van der Waals surface area contributed by atoms with Crippen molar-refractivity contribution in [1.29, 1.82) is 0 Å². The summed E-state index contributed by atoms with van der Waals surface area (Å²) >= 11 is 0. The molecule has 2 aliphatic rings. The zero-order valence-corrected chi connectivity index (χ0v) is 40.0. The van der Waals surface area contributed by atoms with Gasteiger partial charge in [-0.25, -0.2) is 15.0 Å². The van der Waals surface area contributed by atoms with Crippen LogP contribution in [0.15, 0.2) is 211 Å². The van der Waals surface area contributed by atoms with Crippen molar-refractivity contribution >= 4 is 93.5 Å². The van der Waals surface area contributed by atoms with Crippen LogP contribution in [-0.2, 0) is 6.42 Å². The van der Waals surface area contributed by atoms with Crippen LogP contribution < -0.4 is 4.74 Å². The lowest BCUT2D eigenvalue weighted by atomic mass is 9.92. The van der Waals surface area contributed by atoms with Gasteiger partial charge in [0.15, 0.2) is 17.5 Å². The number of ether oxygens (including phenoxy) is 1. The molecule has 0 spiro atoms. The van der Waals surface area contributed by atoms with Crippen molar-refractivity contribution in [2.24, 2.45) is 0 Å². The van der Waals surface area contributed by atoms with Gasteiger partial charge in [0.25, 0.3) is 0 Å². The van der Waals surface area contributed by atoms with Crippen LogP contribution in [0.1, 0.15) is 42.0 Å². The van der Waals surface area contributed by atoms with E-state index in [0.29, 0.717) is 30.5 Å². The molecule has 7 heteroatoms. The number of hydrogen-bond donors (Lipinski definition) is 0. The quantitative estimate of drug-likeness (QED) is 0.172. The van der Waals surface area contributed by atoms with Gasteiger partial charge in [-0.1, -0.05) is 153 Å². The van der Waals surface area contributed by atoms with E-state index >= 15 is 0 Å². The molecule has 0 saturated heterocycles. The first-order valence-electron chi connectivity index (χ1n) is 25.1. The summed E-state index contributed by atoms with van der Waals surface area (Å²) in [6.07, 6.45) is 10.5. The van der Waals surface area contributed by atoms with E-state index in [0.717, 1.165) is 101 Å². The number of aromatic nitrogens is 5. The van der Waals surface area contributed by atoms with Crippen LogP contribution in [-0.4, -0.2) is 30.7 Å². The highest BCUT2D eigenvalue weighted by atomic mass is 16.5. The van der Waals surface area contributed by atoms with Crippen LogP contribution in [0, 0.1) is 0 Å². The summed E-state index contributed by atoms with van der Waals surface area (Å²) < 4.78 is 18.3. The molecular weight excluding hydrogens is 895 g/mol. The molecule has 0 N–H and O–H groups in total. The Morgan fingerprint density at radius 1 is 0.521 bits per heavy atom. The molecule has 0 bridgehead atoms. The van der Waals surface area contributed by atoms with Gasteiger partial charge >= 0.3 is 0 Å². The fraction of sp³-hybridized carbons (Fsp3) is 0.0758. The molecule has 1 unspecified atom stereocenters. The van der Waals surface area contributed by atoms with Crippen LogP contribution in [0.4, 0.5) is 0 Å². The van der Waals surface area contributed by atoms with Gasteiger partial charge in [0, 0.05) is 60.8 Å². The minimum Gasteiger partial charge on any atom is -0.487 e. The molecule has 4 aromatic heterocycles. The van der Waals surface area contributed by atoms with E-state index in [2.05, 4.69) is 228 Å². The smallest absolute Gasteiger partial charge is 0.164 e. The molecule has 1 atom stereocenters. The Kier molecular flexibility index (Phi) is 9.29. The molecule has 346 valence electrons. The van der Waals surface area contributed by atoms with Crippen LogP contribution in [0.3, 0.4) is 0 Å². The Labute approximate surface area is 420 Å². The lowest BCUT2D eigenvalue weighted by Gasteiger charge is -2.16. The van der Waals surface area contributed by atoms with Gasteiger partial charge in [-0.2, -0.15) is 0 Å². The zero-order chi connectivity index (χ0) is 48.1. The monoisotopic (exact) mass is 939 g/mol. The molecule has 0 radical (unpaired) electrons. The molecule has 1 aliphatic carbocycles. The number of allylic oxidation sites excluding steroid dienone is 4. The third-order valence-corrected chi connectivity index (χ3v) is 15.1. The van der Waals surface area contributed by atoms with Gasteiger partial charge in [0.05, 0.1) is 27.8 Å². The summed E-state index contributed by atoms with van der Waals surface area (Å²) in [5, 5.41) is 10.3. The molecule has 9 aromatic carbocycles. The van der Waals surface area contributed by atoms with Crippen molar-refractivity contribution in [3.63, 3.8) is 0 Å². The van der Waals surface area contributed by atoms with Gasteiger partial charge in [0.1, 0.15) is 23.7 Å². The molecule has 73 heavy (non-hydrogen) atoms. The minimum atomic E-state index is 0.249. The normalized spacial score (nSPS) is 14.8. The van der Waals surface area contributed by atoms with E-state index in [1.807, 2.05) is 0 Å². The molecular formula is C66H45N5O2. The second-order valence-electron chi connectivity index (χ2n) is 19.5. The van der Waals surface area contributed by atoms with Crippen molar-refractivity contribution in [1.82, 2.24) is 24.1 Å². The van der Waals surface area contributed by atoms with Gasteiger partial charge in [-0.15, -0.1) is 0 Å². The molecule has 15 rings (SSSR count). The number of hydrogen-bond acceptors (Lipinski definition) is 5. The third kappa shape index (κ3) is 6.62. The Hall–Kier alpha value is -9.33. The highest BCUT2D eigenvalue weighted by Crippen LogP contribution is 2.44. The maximum absolute atomic E-state index is 6.92. The van der Waals surface area contributed by atoms with Gasteiger partial charge < -0.3 is 18.3 Å². The number of furan rings is 1. The summed E-state index contributed by atoms with van der Waals surface area (Å²) in [5.41, 5.74) is 12.1. The molecule has 0 saturated carbocycles. The molecule has 7 nitrogen and oxygen atoms in total. The van der Waals surface area contributed by atoms with Crippen LogP contribution in [0.25, 0.3) is 122 Å². The molecule has 0 amide bonds. The SMILES string of the molecule is CC1CC=Cc2c1oc1cccc(-c3nc(C4=CCc5ccccc5OCC(n5c6cc7ccccc7cc6c6cc7ccccc7cc65)=C4)nc(-c4cccc5c4c4ccccc4n5-c4ccccc4)n3)c21. The fourth-order valence-electron chi connectivity index (χ4n) is 11.7. The maximum atomic E-state index is 6.92. The van der Waals surface area contributed by atoms with Crippen LogP contribution >= 0.6 is 0 Å². The van der Waals surface area contributed by atoms with Crippen molar-refractivity contribution in [3.8, 4) is 34.2 Å². The molecule has 0 fully saturated rings. The average Bonchev–Trinajstić information content (AvgIpc) is 4.11. The predicted molar refractivity (Wildman–Crippen MR) is 299 cm³/mol. The lowest BCUT2D eigenvalue weighted by molar-refractivity contribution is 0.362. The van der Waals surface area contributed by atoms with Crippen molar-refractivity contribution in [2.75, 3.05) is 6.61 Å². The molecule has 5 heterocycles. The third-order valence-electron chi connectivity index (χ3n) is 15.1. The standard InChI is InChI=1S/C66H45N5O2/c1-40-16-13-25-50-62-52(27-15-31-60(62)73-63(40)50)66-68-64(67-65(69-66)51-26-14-29-56-61(51)49-24-10-11-28-55(49)70(56)47-22-3-2-4-23-47)46-33-32-41-17-9-12-30-59(41)72-39-48(34-46)71-57-37-44-20-7-5-18-42(44)35-53(57)54-36-43-19-6-8-21-45(43)38-58(54)71/h2-15,17-31,33-38,40H,16,32,39H2,1H3. The lowest BCUT2D eigenvalue weighted by Crippen LogP contribution is -2.09. The fourth-order valence-corrected chi connectivity index (χ4v) is 11.7. The van der Waals surface area contributed by atoms with E-state index in [1.54, 1.807) is 0 Å². The summed E-state index contributed by atoms with van der Waals surface area (Å²) in [7, 11) is 0. The van der Waals surface area contributed by atoms with Crippen LogP contribution in [0.5, 0.6) is 5.75 Å². The zero-order valence-electron chi connectivity index (χ0n) is 40.0. The van der Waals surface area contributed by atoms with Crippen molar-refractivity contribution < 1.29 is 9.15 Å². The first-order valence-corrected chi connectivity index (χ1v) is 25.1. The first-order chi connectivity index (χ1) is 36.1. The topological polar surface area (TPSA) is 70.9 Å². The minimum absolute atomic E-state index is 0.249.